The topological polar surface area (TPSA) is 57.5 Å². The van der Waals surface area contributed by atoms with Crippen LogP contribution in [0.2, 0.25) is 0 Å². The van der Waals surface area contributed by atoms with Gasteiger partial charge in [0.2, 0.25) is 0 Å². The second-order valence-electron chi connectivity index (χ2n) is 4.62. The Morgan fingerprint density at radius 1 is 1.17 bits per heavy atom. The van der Waals surface area contributed by atoms with E-state index in [9.17, 15) is 0 Å². The van der Waals surface area contributed by atoms with Crippen LogP contribution in [0.1, 0.15) is 19.8 Å². The summed E-state index contributed by atoms with van der Waals surface area (Å²) in [5, 5.41) is 12.2. The molecule has 18 heavy (non-hydrogen) atoms. The number of ether oxygens (including phenoxy) is 2. The summed E-state index contributed by atoms with van der Waals surface area (Å²) in [4.78, 5) is 2.31. The molecule has 0 heterocycles. The third-order valence-corrected chi connectivity index (χ3v) is 3.16. The summed E-state index contributed by atoms with van der Waals surface area (Å²) in [6, 6.07) is 2.31. The first-order valence-corrected chi connectivity index (χ1v) is 6.42. The minimum atomic E-state index is -0.452. The zero-order valence-corrected chi connectivity index (χ0v) is 12.2. The molecule has 0 fully saturated rings. The SMILES string of the molecule is CNC(C)(C#N)CCN(CCCOC)CCOC. The van der Waals surface area contributed by atoms with Gasteiger partial charge in [0.25, 0.3) is 0 Å². The molecule has 1 unspecified atom stereocenters. The van der Waals surface area contributed by atoms with Gasteiger partial charge in [-0.3, -0.25) is 0 Å². The van der Waals surface area contributed by atoms with Gasteiger partial charge in [-0.25, -0.2) is 0 Å². The van der Waals surface area contributed by atoms with Crippen LogP contribution in [0.4, 0.5) is 0 Å². The lowest BCUT2D eigenvalue weighted by molar-refractivity contribution is 0.128. The van der Waals surface area contributed by atoms with Crippen molar-refractivity contribution < 1.29 is 9.47 Å². The van der Waals surface area contributed by atoms with Gasteiger partial charge in [0.15, 0.2) is 0 Å². The van der Waals surface area contributed by atoms with Crippen LogP contribution in [0.25, 0.3) is 0 Å². The van der Waals surface area contributed by atoms with Crippen molar-refractivity contribution in [3.05, 3.63) is 0 Å². The number of nitrogens with zero attached hydrogens (tertiary/aromatic N) is 2. The molecule has 0 aliphatic carbocycles. The van der Waals surface area contributed by atoms with Gasteiger partial charge in [0.05, 0.1) is 12.7 Å². The van der Waals surface area contributed by atoms with Crippen LogP contribution in [0.5, 0.6) is 0 Å². The number of nitriles is 1. The molecular weight excluding hydrogens is 230 g/mol. The van der Waals surface area contributed by atoms with Crippen molar-refractivity contribution in [1.29, 1.82) is 5.26 Å². The molecule has 0 aliphatic heterocycles. The minimum absolute atomic E-state index is 0.452. The average molecular weight is 257 g/mol. The van der Waals surface area contributed by atoms with Gasteiger partial charge in [-0.05, 0) is 26.8 Å². The van der Waals surface area contributed by atoms with Crippen LogP contribution in [-0.2, 0) is 9.47 Å². The zero-order chi connectivity index (χ0) is 13.9. The molecule has 0 saturated heterocycles. The number of nitrogens with one attached hydrogen (secondary N) is 1. The molecule has 0 aromatic heterocycles. The fourth-order valence-corrected chi connectivity index (χ4v) is 1.61. The predicted molar refractivity (Wildman–Crippen MR) is 72.5 cm³/mol. The fraction of sp³-hybridized carbons (Fsp3) is 0.923. The Labute approximate surface area is 111 Å². The summed E-state index contributed by atoms with van der Waals surface area (Å²) in [5.41, 5.74) is -0.452. The van der Waals surface area contributed by atoms with E-state index in [0.717, 1.165) is 45.7 Å². The summed E-state index contributed by atoms with van der Waals surface area (Å²) in [6.45, 7) is 6.17. The molecule has 0 aromatic rings. The summed E-state index contributed by atoms with van der Waals surface area (Å²) >= 11 is 0. The van der Waals surface area contributed by atoms with E-state index < -0.39 is 5.54 Å². The molecule has 106 valence electrons. The highest BCUT2D eigenvalue weighted by Gasteiger charge is 2.21. The maximum Gasteiger partial charge on any atom is 0.104 e. The van der Waals surface area contributed by atoms with Crippen molar-refractivity contribution in [2.75, 3.05) is 54.1 Å². The summed E-state index contributed by atoms with van der Waals surface area (Å²) in [7, 11) is 5.25. The molecule has 0 radical (unpaired) electrons. The highest BCUT2D eigenvalue weighted by Crippen LogP contribution is 2.09. The first-order valence-electron chi connectivity index (χ1n) is 6.42. The number of rotatable bonds is 11. The van der Waals surface area contributed by atoms with Gasteiger partial charge in [-0.15, -0.1) is 0 Å². The quantitative estimate of drug-likeness (QED) is 0.556. The Kier molecular flexibility index (Phi) is 9.89. The Morgan fingerprint density at radius 2 is 1.83 bits per heavy atom. The maximum atomic E-state index is 9.11. The van der Waals surface area contributed by atoms with E-state index in [1.807, 2.05) is 14.0 Å². The number of hydrogen-bond donors (Lipinski definition) is 1. The van der Waals surface area contributed by atoms with Crippen molar-refractivity contribution in [3.8, 4) is 6.07 Å². The Hall–Kier alpha value is -0.670. The first-order chi connectivity index (χ1) is 8.61. The Bertz CT molecular complexity index is 243. The van der Waals surface area contributed by atoms with Crippen molar-refractivity contribution in [3.63, 3.8) is 0 Å². The maximum absolute atomic E-state index is 9.11. The van der Waals surface area contributed by atoms with Crippen LogP contribution in [0.15, 0.2) is 0 Å². The number of hydrogen-bond acceptors (Lipinski definition) is 5. The van der Waals surface area contributed by atoms with Gasteiger partial charge in [0.1, 0.15) is 5.54 Å². The molecule has 5 heteroatoms. The fourth-order valence-electron chi connectivity index (χ4n) is 1.61. The highest BCUT2D eigenvalue weighted by atomic mass is 16.5. The third kappa shape index (κ3) is 7.62. The molecule has 1 atom stereocenters. The predicted octanol–water partition coefficient (Wildman–Crippen LogP) is 0.863. The van der Waals surface area contributed by atoms with Crippen LogP contribution < -0.4 is 5.32 Å². The highest BCUT2D eigenvalue weighted by molar-refractivity contribution is 5.03. The van der Waals surface area contributed by atoms with Crippen molar-refractivity contribution in [1.82, 2.24) is 10.2 Å². The van der Waals surface area contributed by atoms with Crippen molar-refractivity contribution in [2.24, 2.45) is 0 Å². The van der Waals surface area contributed by atoms with Gasteiger partial charge in [-0.2, -0.15) is 5.26 Å². The minimum Gasteiger partial charge on any atom is -0.385 e. The van der Waals surface area contributed by atoms with Gasteiger partial charge >= 0.3 is 0 Å². The van der Waals surface area contributed by atoms with E-state index in [1.54, 1.807) is 14.2 Å². The van der Waals surface area contributed by atoms with E-state index in [0.29, 0.717) is 0 Å². The summed E-state index contributed by atoms with van der Waals surface area (Å²) < 4.78 is 10.2. The average Bonchev–Trinajstić information content (AvgIpc) is 2.41. The normalized spacial score (nSPS) is 14.4. The molecule has 1 N–H and O–H groups in total. The summed E-state index contributed by atoms with van der Waals surface area (Å²) in [5.74, 6) is 0. The van der Waals surface area contributed by atoms with E-state index in [2.05, 4.69) is 16.3 Å². The van der Waals surface area contributed by atoms with Crippen LogP contribution in [0, 0.1) is 11.3 Å². The Balaban J connectivity index is 4.10. The van der Waals surface area contributed by atoms with Crippen LogP contribution in [-0.4, -0.2) is 64.6 Å². The zero-order valence-electron chi connectivity index (χ0n) is 12.2. The van der Waals surface area contributed by atoms with E-state index in [4.69, 9.17) is 14.7 Å². The molecule has 0 amide bonds. The molecule has 0 aliphatic rings. The third-order valence-electron chi connectivity index (χ3n) is 3.16. The molecule has 0 aromatic carbocycles. The molecule has 5 nitrogen and oxygen atoms in total. The van der Waals surface area contributed by atoms with Crippen LogP contribution in [0.3, 0.4) is 0 Å². The van der Waals surface area contributed by atoms with E-state index in [1.165, 1.54) is 0 Å². The second kappa shape index (κ2) is 10.3. The van der Waals surface area contributed by atoms with Gasteiger partial charge in [-0.1, -0.05) is 0 Å². The smallest absolute Gasteiger partial charge is 0.104 e. The lowest BCUT2D eigenvalue weighted by Gasteiger charge is -2.27. The standard InChI is InChI=1S/C13H27N3O2/c1-13(12-14,15-2)6-8-16(9-11-18-4)7-5-10-17-3/h15H,5-11H2,1-4H3. The van der Waals surface area contributed by atoms with Gasteiger partial charge < -0.3 is 19.7 Å². The molecule has 0 saturated carbocycles. The lowest BCUT2D eigenvalue weighted by atomic mass is 10.00. The first kappa shape index (κ1) is 17.3. The molecule has 0 rings (SSSR count). The van der Waals surface area contributed by atoms with E-state index in [-0.39, 0.29) is 0 Å². The van der Waals surface area contributed by atoms with Crippen LogP contribution >= 0.6 is 0 Å². The molecule has 0 bridgehead atoms. The van der Waals surface area contributed by atoms with E-state index >= 15 is 0 Å². The molecular formula is C13H27N3O2. The van der Waals surface area contributed by atoms with Crippen molar-refractivity contribution >= 4 is 0 Å². The second-order valence-corrected chi connectivity index (χ2v) is 4.62. The Morgan fingerprint density at radius 3 is 2.33 bits per heavy atom. The number of methoxy groups -OCH3 is 2. The summed E-state index contributed by atoms with van der Waals surface area (Å²) in [6.07, 6.45) is 1.81. The van der Waals surface area contributed by atoms with Crippen molar-refractivity contribution in [2.45, 2.75) is 25.3 Å². The monoisotopic (exact) mass is 257 g/mol. The molecule has 0 spiro atoms. The lowest BCUT2D eigenvalue weighted by Crippen LogP contribution is -2.42. The largest absolute Gasteiger partial charge is 0.385 e. The van der Waals surface area contributed by atoms with Gasteiger partial charge in [0, 0.05) is 40.5 Å².